The number of benzene rings is 1. The molecule has 0 aliphatic heterocycles. The third kappa shape index (κ3) is 3.56. The van der Waals surface area contributed by atoms with Crippen LogP contribution in [0.5, 0.6) is 0 Å². The Labute approximate surface area is 109 Å². The first-order chi connectivity index (χ1) is 8.75. The van der Waals surface area contributed by atoms with Crippen LogP contribution in [0.2, 0.25) is 0 Å². The summed E-state index contributed by atoms with van der Waals surface area (Å²) in [6.45, 7) is 0.793. The van der Waals surface area contributed by atoms with Crippen molar-refractivity contribution in [1.82, 2.24) is 4.98 Å². The molecule has 2 aromatic rings. The lowest BCUT2D eigenvalue weighted by atomic mass is 10.1. The molecule has 2 N–H and O–H groups in total. The number of hydrogen-bond acceptors (Lipinski definition) is 4. The summed E-state index contributed by atoms with van der Waals surface area (Å²) in [5.74, 6) is -0.926. The van der Waals surface area contributed by atoms with E-state index in [2.05, 4.69) is 22.4 Å². The standard InChI is InChI=1S/C13H14N2O2S/c16-12(17)11-9-15-13(18-11)14-8-4-7-10-5-2-1-3-6-10/h1-3,5-6,9H,4,7-8H2,(H,14,15)(H,16,17). The van der Waals surface area contributed by atoms with E-state index < -0.39 is 5.97 Å². The van der Waals surface area contributed by atoms with Gasteiger partial charge in [0.05, 0.1) is 6.20 Å². The van der Waals surface area contributed by atoms with Crippen LogP contribution in [0.25, 0.3) is 0 Å². The van der Waals surface area contributed by atoms with E-state index in [1.54, 1.807) is 0 Å². The summed E-state index contributed by atoms with van der Waals surface area (Å²) >= 11 is 1.17. The molecule has 94 valence electrons. The van der Waals surface area contributed by atoms with Crippen molar-refractivity contribution in [3.8, 4) is 0 Å². The fourth-order valence-electron chi connectivity index (χ4n) is 1.59. The minimum atomic E-state index is -0.926. The number of aromatic nitrogens is 1. The highest BCUT2D eigenvalue weighted by molar-refractivity contribution is 7.17. The number of anilines is 1. The number of nitrogens with one attached hydrogen (secondary N) is 1. The topological polar surface area (TPSA) is 62.2 Å². The van der Waals surface area contributed by atoms with Gasteiger partial charge < -0.3 is 10.4 Å². The number of rotatable bonds is 6. The molecular weight excluding hydrogens is 248 g/mol. The highest BCUT2D eigenvalue weighted by Crippen LogP contribution is 2.17. The molecule has 0 aliphatic carbocycles. The second kappa shape index (κ2) is 6.16. The van der Waals surface area contributed by atoms with Crippen LogP contribution in [-0.4, -0.2) is 22.6 Å². The smallest absolute Gasteiger partial charge is 0.347 e. The molecule has 0 atom stereocenters. The third-order valence-electron chi connectivity index (χ3n) is 2.48. The quantitative estimate of drug-likeness (QED) is 0.786. The van der Waals surface area contributed by atoms with Crippen LogP contribution in [0.3, 0.4) is 0 Å². The van der Waals surface area contributed by atoms with Crippen molar-refractivity contribution in [2.45, 2.75) is 12.8 Å². The van der Waals surface area contributed by atoms with E-state index in [9.17, 15) is 4.79 Å². The average molecular weight is 262 g/mol. The van der Waals surface area contributed by atoms with E-state index in [1.165, 1.54) is 23.1 Å². The predicted octanol–water partition coefficient (Wildman–Crippen LogP) is 2.89. The maximum absolute atomic E-state index is 10.7. The molecule has 2 rings (SSSR count). The van der Waals surface area contributed by atoms with E-state index >= 15 is 0 Å². The number of carboxylic acids is 1. The number of nitrogens with zero attached hydrogens (tertiary/aromatic N) is 1. The maximum atomic E-state index is 10.7. The van der Waals surface area contributed by atoms with Gasteiger partial charge in [-0.05, 0) is 18.4 Å². The van der Waals surface area contributed by atoms with E-state index in [0.29, 0.717) is 5.13 Å². The number of hydrogen-bond donors (Lipinski definition) is 2. The Morgan fingerprint density at radius 2 is 2.11 bits per heavy atom. The molecule has 0 bridgehead atoms. The Kier molecular flexibility index (Phi) is 4.30. The van der Waals surface area contributed by atoms with Crippen LogP contribution in [0.15, 0.2) is 36.5 Å². The van der Waals surface area contributed by atoms with Crippen molar-refractivity contribution in [2.75, 3.05) is 11.9 Å². The average Bonchev–Trinajstić information content (AvgIpc) is 2.85. The van der Waals surface area contributed by atoms with Crippen LogP contribution in [0.1, 0.15) is 21.7 Å². The summed E-state index contributed by atoms with van der Waals surface area (Å²) in [4.78, 5) is 14.9. The fourth-order valence-corrected chi connectivity index (χ4v) is 2.27. The fraction of sp³-hybridized carbons (Fsp3) is 0.231. The lowest BCUT2D eigenvalue weighted by Crippen LogP contribution is -2.02. The van der Waals surface area contributed by atoms with Gasteiger partial charge >= 0.3 is 5.97 Å². The number of carboxylic acid groups (broad SMARTS) is 1. The van der Waals surface area contributed by atoms with Gasteiger partial charge in [-0.25, -0.2) is 9.78 Å². The van der Waals surface area contributed by atoms with Crippen molar-refractivity contribution in [1.29, 1.82) is 0 Å². The molecule has 4 nitrogen and oxygen atoms in total. The number of carbonyl (C=O) groups is 1. The zero-order valence-electron chi connectivity index (χ0n) is 9.80. The Hall–Kier alpha value is -1.88. The summed E-state index contributed by atoms with van der Waals surface area (Å²) in [5, 5.41) is 12.6. The van der Waals surface area contributed by atoms with Gasteiger partial charge in [0.25, 0.3) is 0 Å². The molecule has 0 unspecified atom stereocenters. The lowest BCUT2D eigenvalue weighted by molar-refractivity contribution is 0.0702. The highest BCUT2D eigenvalue weighted by atomic mass is 32.1. The summed E-state index contributed by atoms with van der Waals surface area (Å²) in [7, 11) is 0. The first kappa shape index (κ1) is 12.6. The predicted molar refractivity (Wildman–Crippen MR) is 72.3 cm³/mol. The number of aryl methyl sites for hydroxylation is 1. The summed E-state index contributed by atoms with van der Waals surface area (Å²) in [5.41, 5.74) is 1.31. The molecule has 0 aliphatic rings. The van der Waals surface area contributed by atoms with Gasteiger partial charge in [0, 0.05) is 6.54 Å². The SMILES string of the molecule is O=C(O)c1cnc(NCCCc2ccccc2)s1. The van der Waals surface area contributed by atoms with E-state index in [4.69, 9.17) is 5.11 Å². The van der Waals surface area contributed by atoms with Gasteiger partial charge in [0.1, 0.15) is 4.88 Å². The molecule has 0 spiro atoms. The van der Waals surface area contributed by atoms with Crippen LogP contribution < -0.4 is 5.32 Å². The third-order valence-corrected chi connectivity index (χ3v) is 3.42. The van der Waals surface area contributed by atoms with Gasteiger partial charge in [0.15, 0.2) is 5.13 Å². The summed E-state index contributed by atoms with van der Waals surface area (Å²) in [6, 6.07) is 10.3. The zero-order valence-corrected chi connectivity index (χ0v) is 10.6. The molecular formula is C13H14N2O2S. The summed E-state index contributed by atoms with van der Waals surface area (Å²) in [6.07, 6.45) is 3.38. The van der Waals surface area contributed by atoms with Crippen LogP contribution >= 0.6 is 11.3 Å². The first-order valence-corrected chi connectivity index (χ1v) is 6.54. The molecule has 1 aromatic heterocycles. The van der Waals surface area contributed by atoms with Gasteiger partial charge in [0.2, 0.25) is 0 Å². The van der Waals surface area contributed by atoms with Crippen LogP contribution in [-0.2, 0) is 6.42 Å². The largest absolute Gasteiger partial charge is 0.477 e. The van der Waals surface area contributed by atoms with E-state index in [1.807, 2.05) is 18.2 Å². The minimum absolute atomic E-state index is 0.264. The van der Waals surface area contributed by atoms with Crippen molar-refractivity contribution in [2.24, 2.45) is 0 Å². The lowest BCUT2D eigenvalue weighted by Gasteiger charge is -2.02. The van der Waals surface area contributed by atoms with Crippen LogP contribution in [0.4, 0.5) is 5.13 Å². The van der Waals surface area contributed by atoms with Gasteiger partial charge in [-0.3, -0.25) is 0 Å². The minimum Gasteiger partial charge on any atom is -0.477 e. The molecule has 5 heteroatoms. The van der Waals surface area contributed by atoms with Crippen molar-refractivity contribution < 1.29 is 9.90 Å². The van der Waals surface area contributed by atoms with Gasteiger partial charge in [-0.2, -0.15) is 0 Å². The number of thiazole rings is 1. The zero-order chi connectivity index (χ0) is 12.8. The Morgan fingerprint density at radius 1 is 1.33 bits per heavy atom. The Bertz CT molecular complexity index is 511. The number of aromatic carboxylic acids is 1. The van der Waals surface area contributed by atoms with E-state index in [-0.39, 0.29) is 4.88 Å². The molecule has 0 saturated heterocycles. The molecule has 0 amide bonds. The molecule has 1 heterocycles. The molecule has 18 heavy (non-hydrogen) atoms. The molecule has 0 saturated carbocycles. The molecule has 0 fully saturated rings. The van der Waals surface area contributed by atoms with Crippen molar-refractivity contribution in [3.05, 3.63) is 47.0 Å². The second-order valence-electron chi connectivity index (χ2n) is 3.85. The van der Waals surface area contributed by atoms with E-state index in [0.717, 1.165) is 19.4 Å². The summed E-state index contributed by atoms with van der Waals surface area (Å²) < 4.78 is 0. The Morgan fingerprint density at radius 3 is 2.78 bits per heavy atom. The maximum Gasteiger partial charge on any atom is 0.347 e. The van der Waals surface area contributed by atoms with Crippen molar-refractivity contribution >= 4 is 22.4 Å². The van der Waals surface area contributed by atoms with Crippen LogP contribution in [0, 0.1) is 0 Å². The van der Waals surface area contributed by atoms with Crippen molar-refractivity contribution in [3.63, 3.8) is 0 Å². The Balaban J connectivity index is 1.73. The highest BCUT2D eigenvalue weighted by Gasteiger charge is 2.07. The second-order valence-corrected chi connectivity index (χ2v) is 4.88. The molecule has 1 aromatic carbocycles. The van der Waals surface area contributed by atoms with Gasteiger partial charge in [-0.1, -0.05) is 41.7 Å². The first-order valence-electron chi connectivity index (χ1n) is 5.72. The molecule has 0 radical (unpaired) electrons. The normalized spacial score (nSPS) is 10.2. The van der Waals surface area contributed by atoms with Gasteiger partial charge in [-0.15, -0.1) is 0 Å². The monoisotopic (exact) mass is 262 g/mol.